The van der Waals surface area contributed by atoms with Crippen molar-refractivity contribution in [3.05, 3.63) is 41.7 Å². The SMILES string of the molecule is COc1cc2nc(C)nc(NC(C)c3ccc4c(c3)NC(=O)CO4)c2cc1OC. The van der Waals surface area contributed by atoms with Gasteiger partial charge in [0.2, 0.25) is 0 Å². The molecule has 0 fully saturated rings. The van der Waals surface area contributed by atoms with Crippen molar-refractivity contribution in [2.75, 3.05) is 31.5 Å². The third-order valence-corrected chi connectivity index (χ3v) is 4.80. The van der Waals surface area contributed by atoms with Gasteiger partial charge in [-0.1, -0.05) is 6.07 Å². The van der Waals surface area contributed by atoms with Crippen molar-refractivity contribution in [3.63, 3.8) is 0 Å². The molecule has 0 bridgehead atoms. The van der Waals surface area contributed by atoms with Gasteiger partial charge in [0, 0.05) is 11.5 Å². The summed E-state index contributed by atoms with van der Waals surface area (Å²) in [6, 6.07) is 9.36. The van der Waals surface area contributed by atoms with Crippen LogP contribution in [0.15, 0.2) is 30.3 Å². The summed E-state index contributed by atoms with van der Waals surface area (Å²) >= 11 is 0. The van der Waals surface area contributed by atoms with E-state index in [1.165, 1.54) is 0 Å². The maximum atomic E-state index is 11.6. The van der Waals surface area contributed by atoms with Crippen molar-refractivity contribution < 1.29 is 19.0 Å². The van der Waals surface area contributed by atoms with E-state index in [2.05, 4.69) is 20.6 Å². The smallest absolute Gasteiger partial charge is 0.262 e. The van der Waals surface area contributed by atoms with E-state index in [4.69, 9.17) is 14.2 Å². The second-order valence-electron chi connectivity index (χ2n) is 6.80. The summed E-state index contributed by atoms with van der Waals surface area (Å²) in [5, 5.41) is 7.11. The van der Waals surface area contributed by atoms with Crippen LogP contribution in [0.3, 0.4) is 0 Å². The van der Waals surface area contributed by atoms with Crippen molar-refractivity contribution in [2.24, 2.45) is 0 Å². The maximum absolute atomic E-state index is 11.6. The number of fused-ring (bicyclic) bond motifs is 2. The molecule has 150 valence electrons. The zero-order valence-electron chi connectivity index (χ0n) is 16.7. The lowest BCUT2D eigenvalue weighted by Crippen LogP contribution is -2.25. The number of hydrogen-bond donors (Lipinski definition) is 2. The fraction of sp³-hybridized carbons (Fsp3) is 0.286. The van der Waals surface area contributed by atoms with Gasteiger partial charge < -0.3 is 24.8 Å². The Morgan fingerprint density at radius 3 is 2.66 bits per heavy atom. The first-order valence-corrected chi connectivity index (χ1v) is 9.22. The number of anilines is 2. The summed E-state index contributed by atoms with van der Waals surface area (Å²) in [6.07, 6.45) is 0. The van der Waals surface area contributed by atoms with Crippen molar-refractivity contribution in [2.45, 2.75) is 19.9 Å². The van der Waals surface area contributed by atoms with Crippen LogP contribution in [0.25, 0.3) is 10.9 Å². The predicted octanol–water partition coefficient (Wildman–Crippen LogP) is 3.46. The monoisotopic (exact) mass is 394 g/mol. The Bertz CT molecular complexity index is 1100. The summed E-state index contributed by atoms with van der Waals surface area (Å²) in [6.45, 7) is 3.91. The summed E-state index contributed by atoms with van der Waals surface area (Å²) in [7, 11) is 3.19. The lowest BCUT2D eigenvalue weighted by Gasteiger charge is -2.22. The zero-order chi connectivity index (χ0) is 20.5. The lowest BCUT2D eigenvalue weighted by molar-refractivity contribution is -0.118. The molecule has 0 aliphatic carbocycles. The van der Waals surface area contributed by atoms with E-state index in [9.17, 15) is 4.79 Å². The van der Waals surface area contributed by atoms with Gasteiger partial charge in [-0.25, -0.2) is 9.97 Å². The number of carbonyl (C=O) groups is 1. The fourth-order valence-electron chi connectivity index (χ4n) is 3.34. The molecule has 0 spiro atoms. The van der Waals surface area contributed by atoms with Gasteiger partial charge in [-0.15, -0.1) is 0 Å². The number of nitrogens with one attached hydrogen (secondary N) is 2. The van der Waals surface area contributed by atoms with Crippen molar-refractivity contribution in [3.8, 4) is 17.2 Å². The first-order valence-electron chi connectivity index (χ1n) is 9.22. The van der Waals surface area contributed by atoms with E-state index in [0.717, 1.165) is 16.5 Å². The minimum Gasteiger partial charge on any atom is -0.493 e. The van der Waals surface area contributed by atoms with Crippen LogP contribution in [0.4, 0.5) is 11.5 Å². The molecule has 1 aliphatic heterocycles. The Labute approximate surface area is 168 Å². The molecule has 1 atom stereocenters. The highest BCUT2D eigenvalue weighted by molar-refractivity contribution is 5.95. The molecule has 0 radical (unpaired) electrons. The third kappa shape index (κ3) is 3.61. The standard InChI is InChI=1S/C21H22N4O4/c1-11(13-5-6-17-16(7-13)25-20(26)10-29-17)22-21-14-8-18(27-3)19(28-4)9-15(14)23-12(2)24-21/h5-9,11H,10H2,1-4H3,(H,25,26)(H,22,23,24). The van der Waals surface area contributed by atoms with E-state index >= 15 is 0 Å². The molecule has 1 aromatic heterocycles. The fourth-order valence-corrected chi connectivity index (χ4v) is 3.34. The molecule has 2 aromatic carbocycles. The summed E-state index contributed by atoms with van der Waals surface area (Å²) < 4.78 is 16.2. The first-order chi connectivity index (χ1) is 14.0. The minimum absolute atomic E-state index is 0.0393. The molecule has 8 heteroatoms. The molecule has 8 nitrogen and oxygen atoms in total. The van der Waals surface area contributed by atoms with Gasteiger partial charge >= 0.3 is 0 Å². The van der Waals surface area contributed by atoms with E-state index in [0.29, 0.717) is 34.6 Å². The van der Waals surface area contributed by atoms with Crippen LogP contribution in [0.5, 0.6) is 17.2 Å². The van der Waals surface area contributed by atoms with Gasteiger partial charge in [-0.05, 0) is 37.6 Å². The number of hydrogen-bond acceptors (Lipinski definition) is 7. The minimum atomic E-state index is -0.159. The molecule has 4 rings (SSSR count). The molecule has 29 heavy (non-hydrogen) atoms. The van der Waals surface area contributed by atoms with Crippen LogP contribution in [0.1, 0.15) is 24.4 Å². The number of nitrogens with zero attached hydrogens (tertiary/aromatic N) is 2. The topological polar surface area (TPSA) is 94.6 Å². The second-order valence-corrected chi connectivity index (χ2v) is 6.80. The molecule has 1 amide bonds. The van der Waals surface area contributed by atoms with Gasteiger partial charge in [-0.2, -0.15) is 0 Å². The van der Waals surface area contributed by atoms with E-state index < -0.39 is 0 Å². The van der Waals surface area contributed by atoms with Crippen molar-refractivity contribution >= 4 is 28.3 Å². The normalized spacial score (nSPS) is 13.9. The quantitative estimate of drug-likeness (QED) is 0.684. The Morgan fingerprint density at radius 2 is 1.90 bits per heavy atom. The average molecular weight is 394 g/mol. The van der Waals surface area contributed by atoms with Crippen molar-refractivity contribution in [1.82, 2.24) is 9.97 Å². The second kappa shape index (κ2) is 7.46. The summed E-state index contributed by atoms with van der Waals surface area (Å²) in [5.41, 5.74) is 2.41. The summed E-state index contributed by atoms with van der Waals surface area (Å²) in [4.78, 5) is 20.7. The molecular weight excluding hydrogens is 372 g/mol. The number of amides is 1. The van der Waals surface area contributed by atoms with Gasteiger partial charge in [0.15, 0.2) is 18.1 Å². The predicted molar refractivity (Wildman–Crippen MR) is 110 cm³/mol. The highest BCUT2D eigenvalue weighted by Gasteiger charge is 2.19. The zero-order valence-corrected chi connectivity index (χ0v) is 16.7. The Hall–Kier alpha value is -3.55. The average Bonchev–Trinajstić information content (AvgIpc) is 2.72. The summed E-state index contributed by atoms with van der Waals surface area (Å²) in [5.74, 6) is 3.07. The number of rotatable bonds is 5. The molecule has 0 saturated heterocycles. The van der Waals surface area contributed by atoms with Gasteiger partial charge in [0.1, 0.15) is 17.4 Å². The first kappa shape index (κ1) is 18.8. The number of ether oxygens (including phenoxy) is 3. The van der Waals surface area contributed by atoms with Crippen LogP contribution >= 0.6 is 0 Å². The number of carbonyl (C=O) groups excluding carboxylic acids is 1. The molecule has 3 aromatic rings. The number of methoxy groups -OCH3 is 2. The maximum Gasteiger partial charge on any atom is 0.262 e. The van der Waals surface area contributed by atoms with E-state index in [1.54, 1.807) is 14.2 Å². The highest BCUT2D eigenvalue weighted by Crippen LogP contribution is 2.36. The Balaban J connectivity index is 1.70. The molecule has 2 heterocycles. The van der Waals surface area contributed by atoms with Crippen LogP contribution < -0.4 is 24.8 Å². The molecule has 1 aliphatic rings. The molecular formula is C21H22N4O4. The Morgan fingerprint density at radius 1 is 1.14 bits per heavy atom. The Kier molecular flexibility index (Phi) is 4.84. The van der Waals surface area contributed by atoms with Crippen LogP contribution in [-0.4, -0.2) is 36.7 Å². The van der Waals surface area contributed by atoms with Gasteiger partial charge in [0.05, 0.1) is 31.5 Å². The number of benzene rings is 2. The van der Waals surface area contributed by atoms with Crippen LogP contribution in [0, 0.1) is 6.92 Å². The van der Waals surface area contributed by atoms with Crippen LogP contribution in [-0.2, 0) is 4.79 Å². The number of aromatic nitrogens is 2. The van der Waals surface area contributed by atoms with Crippen LogP contribution in [0.2, 0.25) is 0 Å². The molecule has 1 unspecified atom stereocenters. The lowest BCUT2D eigenvalue weighted by atomic mass is 10.1. The third-order valence-electron chi connectivity index (χ3n) is 4.80. The number of aryl methyl sites for hydroxylation is 1. The van der Waals surface area contributed by atoms with Gasteiger partial charge in [-0.3, -0.25) is 4.79 Å². The van der Waals surface area contributed by atoms with E-state index in [-0.39, 0.29) is 18.6 Å². The largest absolute Gasteiger partial charge is 0.493 e. The van der Waals surface area contributed by atoms with E-state index in [1.807, 2.05) is 44.2 Å². The van der Waals surface area contributed by atoms with Gasteiger partial charge in [0.25, 0.3) is 5.91 Å². The highest BCUT2D eigenvalue weighted by atomic mass is 16.5. The molecule has 2 N–H and O–H groups in total. The molecule has 0 saturated carbocycles. The van der Waals surface area contributed by atoms with Crippen molar-refractivity contribution in [1.29, 1.82) is 0 Å².